The lowest BCUT2D eigenvalue weighted by molar-refractivity contribution is 0.0435. The van der Waals surface area contributed by atoms with Gasteiger partial charge in [0, 0.05) is 0 Å². The monoisotopic (exact) mass is 671 g/mol. The molecular formula is C35H45NO10S. The highest BCUT2D eigenvalue weighted by Gasteiger charge is 2.33. The molecular weight excluding hydrogens is 626 g/mol. The lowest BCUT2D eigenvalue weighted by Gasteiger charge is -2.21. The fourth-order valence-electron chi connectivity index (χ4n) is 5.35. The highest BCUT2D eigenvalue weighted by atomic mass is 32.2. The van der Waals surface area contributed by atoms with Gasteiger partial charge >= 0.3 is 6.09 Å². The first kappa shape index (κ1) is 35.7. The fourth-order valence-corrected chi connectivity index (χ4v) is 6.86. The molecule has 2 atom stereocenters. The maximum absolute atomic E-state index is 13.5. The number of benzene rings is 3. The number of alkyl carbamates (subject to hydrolysis) is 1. The first-order valence-electron chi connectivity index (χ1n) is 15.8. The number of rotatable bonds is 17. The van der Waals surface area contributed by atoms with Gasteiger partial charge in [0.25, 0.3) is 0 Å². The molecule has 11 nitrogen and oxygen atoms in total. The number of ether oxygens (including phenoxy) is 7. The maximum Gasteiger partial charge on any atom is 0.407 e. The first-order valence-corrected chi connectivity index (χ1v) is 17.5. The molecule has 2 unspecified atom stereocenters. The van der Waals surface area contributed by atoms with Crippen molar-refractivity contribution in [2.75, 3.05) is 46.8 Å². The smallest absolute Gasteiger partial charge is 0.407 e. The van der Waals surface area contributed by atoms with Crippen LogP contribution in [0.4, 0.5) is 4.79 Å². The third kappa shape index (κ3) is 9.23. The zero-order chi connectivity index (χ0) is 33.8. The summed E-state index contributed by atoms with van der Waals surface area (Å²) in [7, 11) is 0.957. The number of hydrogen-bond donors (Lipinski definition) is 1. The summed E-state index contributed by atoms with van der Waals surface area (Å²) in [6.45, 7) is 4.38. The van der Waals surface area contributed by atoms with Gasteiger partial charge in [-0.2, -0.15) is 0 Å². The Balaban J connectivity index is 1.56. The molecule has 0 aliphatic carbocycles. The zero-order valence-corrected chi connectivity index (χ0v) is 28.5. The first-order chi connectivity index (χ1) is 22.7. The summed E-state index contributed by atoms with van der Waals surface area (Å²) in [6, 6.07) is 16.5. The van der Waals surface area contributed by atoms with Crippen LogP contribution in [-0.2, 0) is 25.9 Å². The second kappa shape index (κ2) is 17.1. The van der Waals surface area contributed by atoms with Crippen molar-refractivity contribution in [2.45, 2.75) is 63.2 Å². The van der Waals surface area contributed by atoms with E-state index in [1.807, 2.05) is 56.3 Å². The van der Waals surface area contributed by atoms with Crippen LogP contribution in [0, 0.1) is 0 Å². The van der Waals surface area contributed by atoms with Crippen LogP contribution in [-0.4, -0.2) is 61.4 Å². The van der Waals surface area contributed by atoms with Crippen molar-refractivity contribution < 1.29 is 46.4 Å². The molecule has 12 heteroatoms. The van der Waals surface area contributed by atoms with E-state index in [0.29, 0.717) is 55.1 Å². The Morgan fingerprint density at radius 3 is 2.04 bits per heavy atom. The molecule has 1 N–H and O–H groups in total. The number of methoxy groups -OCH3 is 3. The molecule has 1 aliphatic heterocycles. The van der Waals surface area contributed by atoms with E-state index in [-0.39, 0.29) is 48.0 Å². The van der Waals surface area contributed by atoms with Crippen LogP contribution < -0.4 is 29.0 Å². The quantitative estimate of drug-likeness (QED) is 0.157. The standard InChI is InChI=1S/C35H45NO10S/c1-6-16-44-34-31(43-17-15-36-35(37)45-23-24-11-9-8-10-12-24)21-26(22-32(34)47(38,39)18-7-2)28-14-13-27(46-28)25-19-29(40-3)33(42-5)30(20-25)41-4/h8-12,19-22,27-28H,6-7,13-18,23H2,1-5H3,(H,36,37). The Labute approximate surface area is 277 Å². The molecule has 256 valence electrons. The van der Waals surface area contributed by atoms with E-state index in [9.17, 15) is 13.2 Å². The Morgan fingerprint density at radius 1 is 0.809 bits per heavy atom. The van der Waals surface area contributed by atoms with E-state index in [1.54, 1.807) is 33.5 Å². The average Bonchev–Trinajstić information content (AvgIpc) is 3.58. The number of sulfone groups is 1. The highest BCUT2D eigenvalue weighted by molar-refractivity contribution is 7.91. The number of nitrogens with one attached hydrogen (secondary N) is 1. The third-order valence-corrected chi connectivity index (χ3v) is 9.51. The molecule has 1 fully saturated rings. The molecule has 1 saturated heterocycles. The predicted molar refractivity (Wildman–Crippen MR) is 177 cm³/mol. The van der Waals surface area contributed by atoms with Crippen LogP contribution >= 0.6 is 0 Å². The topological polar surface area (TPSA) is 128 Å². The Kier molecular flexibility index (Phi) is 13.0. The van der Waals surface area contributed by atoms with Gasteiger partial charge in [0.1, 0.15) is 18.1 Å². The average molecular weight is 672 g/mol. The lowest BCUT2D eigenvalue weighted by atomic mass is 10.0. The zero-order valence-electron chi connectivity index (χ0n) is 27.7. The minimum atomic E-state index is -3.71. The van der Waals surface area contributed by atoms with Crippen molar-refractivity contribution >= 4 is 15.9 Å². The molecule has 0 saturated carbocycles. The molecule has 0 radical (unpaired) electrons. The molecule has 1 amide bonds. The SMILES string of the molecule is CCCOc1c(OCCNC(=O)OCc2ccccc2)cc(C2CCC(c3cc(OC)c(OC)c(OC)c3)O2)cc1S(=O)(=O)CCC. The van der Waals surface area contributed by atoms with E-state index < -0.39 is 22.0 Å². The summed E-state index contributed by atoms with van der Waals surface area (Å²) in [5, 5.41) is 2.67. The maximum atomic E-state index is 13.5. The van der Waals surface area contributed by atoms with E-state index in [0.717, 1.165) is 11.1 Å². The van der Waals surface area contributed by atoms with Crippen LogP contribution in [0.2, 0.25) is 0 Å². The summed E-state index contributed by atoms with van der Waals surface area (Å²) in [6.07, 6.45) is 1.13. The number of carbonyl (C=O) groups is 1. The largest absolute Gasteiger partial charge is 0.493 e. The minimum absolute atomic E-state index is 0.0488. The number of carbonyl (C=O) groups excluding carboxylic acids is 1. The molecule has 1 aliphatic rings. The summed E-state index contributed by atoms with van der Waals surface area (Å²) in [4.78, 5) is 12.3. The van der Waals surface area contributed by atoms with E-state index in [2.05, 4.69) is 5.32 Å². The van der Waals surface area contributed by atoms with Crippen molar-refractivity contribution in [1.82, 2.24) is 5.32 Å². The molecule has 3 aromatic rings. The highest BCUT2D eigenvalue weighted by Crippen LogP contribution is 2.48. The molecule has 4 rings (SSSR count). The van der Waals surface area contributed by atoms with Gasteiger partial charge in [-0.25, -0.2) is 13.2 Å². The molecule has 47 heavy (non-hydrogen) atoms. The second-order valence-corrected chi connectivity index (χ2v) is 13.1. The van der Waals surface area contributed by atoms with Crippen LogP contribution in [0.3, 0.4) is 0 Å². The fraction of sp³-hybridized carbons (Fsp3) is 0.457. The third-order valence-electron chi connectivity index (χ3n) is 7.59. The van der Waals surface area contributed by atoms with Gasteiger partial charge in [0.05, 0.1) is 52.4 Å². The Morgan fingerprint density at radius 2 is 1.45 bits per heavy atom. The second-order valence-electron chi connectivity index (χ2n) is 11.0. The molecule has 0 bridgehead atoms. The number of hydrogen-bond acceptors (Lipinski definition) is 10. The summed E-state index contributed by atoms with van der Waals surface area (Å²) >= 11 is 0. The summed E-state index contributed by atoms with van der Waals surface area (Å²) < 4.78 is 67.5. The predicted octanol–water partition coefficient (Wildman–Crippen LogP) is 6.58. The van der Waals surface area contributed by atoms with Crippen molar-refractivity contribution in [3.05, 3.63) is 71.3 Å². The van der Waals surface area contributed by atoms with Gasteiger partial charge in [-0.15, -0.1) is 0 Å². The van der Waals surface area contributed by atoms with Gasteiger partial charge in [0.2, 0.25) is 5.75 Å². The van der Waals surface area contributed by atoms with Gasteiger partial charge < -0.3 is 38.5 Å². The van der Waals surface area contributed by atoms with E-state index >= 15 is 0 Å². The van der Waals surface area contributed by atoms with Crippen molar-refractivity contribution in [3.8, 4) is 28.7 Å². The van der Waals surface area contributed by atoms with Crippen LogP contribution in [0.25, 0.3) is 0 Å². The Bertz CT molecular complexity index is 1550. The normalized spacial score (nSPS) is 15.9. The molecule has 0 spiro atoms. The summed E-state index contributed by atoms with van der Waals surface area (Å²) in [5.41, 5.74) is 2.38. The molecule has 1 heterocycles. The van der Waals surface area contributed by atoms with Crippen LogP contribution in [0.15, 0.2) is 59.5 Å². The van der Waals surface area contributed by atoms with Gasteiger partial charge in [0.15, 0.2) is 32.8 Å². The molecule has 3 aromatic carbocycles. The minimum Gasteiger partial charge on any atom is -0.493 e. The van der Waals surface area contributed by atoms with E-state index in [1.165, 1.54) is 0 Å². The molecule has 0 aromatic heterocycles. The van der Waals surface area contributed by atoms with Crippen molar-refractivity contribution in [3.63, 3.8) is 0 Å². The summed E-state index contributed by atoms with van der Waals surface area (Å²) in [5.74, 6) is 1.91. The van der Waals surface area contributed by atoms with Crippen molar-refractivity contribution in [1.29, 1.82) is 0 Å². The van der Waals surface area contributed by atoms with Crippen LogP contribution in [0.1, 0.15) is 68.4 Å². The van der Waals surface area contributed by atoms with Crippen LogP contribution in [0.5, 0.6) is 28.7 Å². The number of amides is 1. The van der Waals surface area contributed by atoms with E-state index in [4.69, 9.17) is 33.2 Å². The Hall–Kier alpha value is -4.16. The lowest BCUT2D eigenvalue weighted by Crippen LogP contribution is -2.28. The van der Waals surface area contributed by atoms with Gasteiger partial charge in [-0.05, 0) is 66.6 Å². The van der Waals surface area contributed by atoms with Gasteiger partial charge in [-0.3, -0.25) is 0 Å². The van der Waals surface area contributed by atoms with Crippen molar-refractivity contribution in [2.24, 2.45) is 0 Å². The van der Waals surface area contributed by atoms with Gasteiger partial charge in [-0.1, -0.05) is 44.2 Å².